The average Bonchev–Trinajstić information content (AvgIpc) is 3.22. The molecule has 0 spiro atoms. The van der Waals surface area contributed by atoms with Gasteiger partial charge in [-0.05, 0) is 57.5 Å². The molecule has 4 nitrogen and oxygen atoms in total. The predicted molar refractivity (Wildman–Crippen MR) is 89.0 cm³/mol. The average molecular weight is 340 g/mol. The van der Waals surface area contributed by atoms with Gasteiger partial charge in [-0.2, -0.15) is 0 Å². The van der Waals surface area contributed by atoms with Crippen molar-refractivity contribution < 1.29 is 9.18 Å². The number of nitrogens with one attached hydrogen (secondary N) is 2. The molecule has 2 atom stereocenters. The van der Waals surface area contributed by atoms with Crippen LogP contribution in [0.2, 0.25) is 5.02 Å². The van der Waals surface area contributed by atoms with Crippen molar-refractivity contribution in [2.24, 2.45) is 0 Å². The van der Waals surface area contributed by atoms with Crippen molar-refractivity contribution in [3.8, 4) is 0 Å². The van der Waals surface area contributed by atoms with Gasteiger partial charge in [0.05, 0.1) is 12.1 Å². The monoisotopic (exact) mass is 339 g/mol. The van der Waals surface area contributed by atoms with Crippen LogP contribution in [0.5, 0.6) is 0 Å². The topological polar surface area (TPSA) is 44.4 Å². The van der Waals surface area contributed by atoms with Crippen LogP contribution in [0.3, 0.4) is 0 Å². The van der Waals surface area contributed by atoms with E-state index in [0.29, 0.717) is 17.1 Å². The number of hydrogen-bond acceptors (Lipinski definition) is 3. The quantitative estimate of drug-likeness (QED) is 0.866. The Labute approximate surface area is 141 Å². The van der Waals surface area contributed by atoms with Crippen LogP contribution in [0.25, 0.3) is 0 Å². The summed E-state index contributed by atoms with van der Waals surface area (Å²) < 4.78 is 14.3. The number of carbonyl (C=O) groups excluding carboxylic acids is 1. The van der Waals surface area contributed by atoms with Crippen molar-refractivity contribution in [2.75, 3.05) is 26.2 Å². The lowest BCUT2D eigenvalue weighted by atomic mass is 10.0. The highest BCUT2D eigenvalue weighted by atomic mass is 35.5. The smallest absolute Gasteiger partial charge is 0.237 e. The van der Waals surface area contributed by atoms with Crippen LogP contribution in [0.1, 0.15) is 37.3 Å². The van der Waals surface area contributed by atoms with Gasteiger partial charge in [0.15, 0.2) is 0 Å². The van der Waals surface area contributed by atoms with Gasteiger partial charge in [0.2, 0.25) is 5.91 Å². The number of carbonyl (C=O) groups is 1. The zero-order chi connectivity index (χ0) is 16.2. The SMILES string of the molecule is O=C(NCC(c1c(F)cccc1Cl)N1CCCC1)C1CCCN1. The van der Waals surface area contributed by atoms with Crippen molar-refractivity contribution >= 4 is 17.5 Å². The zero-order valence-corrected chi connectivity index (χ0v) is 13.9. The van der Waals surface area contributed by atoms with E-state index in [1.165, 1.54) is 6.07 Å². The van der Waals surface area contributed by atoms with E-state index >= 15 is 0 Å². The summed E-state index contributed by atoms with van der Waals surface area (Å²) in [6.45, 7) is 3.09. The summed E-state index contributed by atoms with van der Waals surface area (Å²) in [5.41, 5.74) is 0.496. The first-order valence-corrected chi connectivity index (χ1v) is 8.73. The molecule has 0 saturated carbocycles. The van der Waals surface area contributed by atoms with Crippen molar-refractivity contribution in [1.82, 2.24) is 15.5 Å². The highest BCUT2D eigenvalue weighted by Crippen LogP contribution is 2.32. The van der Waals surface area contributed by atoms with E-state index in [1.807, 2.05) is 0 Å². The van der Waals surface area contributed by atoms with E-state index in [4.69, 9.17) is 11.6 Å². The predicted octanol–water partition coefficient (Wildman–Crippen LogP) is 2.48. The number of amides is 1. The number of benzene rings is 1. The Bertz CT molecular complexity index is 537. The molecule has 2 unspecified atom stereocenters. The van der Waals surface area contributed by atoms with E-state index < -0.39 is 0 Å². The van der Waals surface area contributed by atoms with Gasteiger partial charge in [-0.3, -0.25) is 9.69 Å². The molecule has 2 fully saturated rings. The third-order valence-electron chi connectivity index (χ3n) is 4.76. The van der Waals surface area contributed by atoms with Crippen LogP contribution in [0.15, 0.2) is 18.2 Å². The molecule has 6 heteroatoms. The number of nitrogens with zero attached hydrogens (tertiary/aromatic N) is 1. The molecule has 2 aliphatic rings. The molecule has 1 amide bonds. The van der Waals surface area contributed by atoms with Crippen LogP contribution in [-0.2, 0) is 4.79 Å². The van der Waals surface area contributed by atoms with E-state index in [9.17, 15) is 9.18 Å². The number of hydrogen-bond donors (Lipinski definition) is 2. The fourth-order valence-corrected chi connectivity index (χ4v) is 3.81. The Morgan fingerprint density at radius 1 is 1.39 bits per heavy atom. The van der Waals surface area contributed by atoms with Crippen molar-refractivity contribution in [2.45, 2.75) is 37.8 Å². The molecule has 1 aromatic carbocycles. The molecule has 3 rings (SSSR count). The summed E-state index contributed by atoms with van der Waals surface area (Å²) in [6.07, 6.45) is 4.08. The van der Waals surface area contributed by atoms with Gasteiger partial charge in [-0.1, -0.05) is 17.7 Å². The van der Waals surface area contributed by atoms with Crippen molar-refractivity contribution in [3.63, 3.8) is 0 Å². The molecule has 126 valence electrons. The molecule has 2 aliphatic heterocycles. The summed E-state index contributed by atoms with van der Waals surface area (Å²) >= 11 is 6.25. The van der Waals surface area contributed by atoms with Crippen LogP contribution < -0.4 is 10.6 Å². The van der Waals surface area contributed by atoms with E-state index in [2.05, 4.69) is 15.5 Å². The zero-order valence-electron chi connectivity index (χ0n) is 13.2. The first kappa shape index (κ1) is 16.7. The van der Waals surface area contributed by atoms with E-state index in [-0.39, 0.29) is 23.8 Å². The van der Waals surface area contributed by atoms with Crippen LogP contribution in [-0.4, -0.2) is 43.0 Å². The molecule has 23 heavy (non-hydrogen) atoms. The summed E-state index contributed by atoms with van der Waals surface area (Å²) in [5.74, 6) is -0.304. The number of halogens is 2. The first-order chi connectivity index (χ1) is 11.2. The van der Waals surface area contributed by atoms with Crippen molar-refractivity contribution in [1.29, 1.82) is 0 Å². The highest BCUT2D eigenvalue weighted by molar-refractivity contribution is 6.31. The third kappa shape index (κ3) is 3.84. The minimum absolute atomic E-state index is 0.000779. The minimum atomic E-state index is -0.303. The molecular weight excluding hydrogens is 317 g/mol. The lowest BCUT2D eigenvalue weighted by Crippen LogP contribution is -2.44. The number of likely N-dealkylation sites (tertiary alicyclic amines) is 1. The second-order valence-electron chi connectivity index (χ2n) is 6.29. The Kier molecular flexibility index (Phi) is 5.51. The molecule has 1 aromatic rings. The van der Waals surface area contributed by atoms with Crippen LogP contribution in [0, 0.1) is 5.82 Å². The van der Waals surface area contributed by atoms with Gasteiger partial charge in [-0.25, -0.2) is 4.39 Å². The lowest BCUT2D eigenvalue weighted by Gasteiger charge is -2.29. The standard InChI is InChI=1S/C17H23ClFN3O/c18-12-5-3-6-13(19)16(12)15(22-9-1-2-10-22)11-21-17(23)14-7-4-8-20-14/h3,5-6,14-15,20H,1-2,4,7-11H2,(H,21,23). The Morgan fingerprint density at radius 2 is 2.17 bits per heavy atom. The summed E-state index contributed by atoms with van der Waals surface area (Å²) in [5, 5.41) is 6.60. The van der Waals surface area contributed by atoms with Gasteiger partial charge in [0, 0.05) is 17.1 Å². The molecule has 2 heterocycles. The van der Waals surface area contributed by atoms with Crippen molar-refractivity contribution in [3.05, 3.63) is 34.6 Å². The summed E-state index contributed by atoms with van der Waals surface area (Å²) in [4.78, 5) is 14.5. The second kappa shape index (κ2) is 7.60. The van der Waals surface area contributed by atoms with E-state index in [0.717, 1.165) is 45.3 Å². The van der Waals surface area contributed by atoms with Crippen LogP contribution in [0.4, 0.5) is 4.39 Å². The summed E-state index contributed by atoms with van der Waals surface area (Å²) in [6, 6.07) is 4.43. The van der Waals surface area contributed by atoms with Gasteiger partial charge in [-0.15, -0.1) is 0 Å². The molecule has 0 aliphatic carbocycles. The Hall–Kier alpha value is -1.17. The second-order valence-corrected chi connectivity index (χ2v) is 6.70. The Balaban J connectivity index is 1.74. The molecule has 2 N–H and O–H groups in total. The highest BCUT2D eigenvalue weighted by Gasteiger charge is 2.29. The summed E-state index contributed by atoms with van der Waals surface area (Å²) in [7, 11) is 0. The van der Waals surface area contributed by atoms with Gasteiger partial charge in [0.1, 0.15) is 5.82 Å². The number of rotatable bonds is 5. The normalized spacial score (nSPS) is 23.1. The Morgan fingerprint density at radius 3 is 2.83 bits per heavy atom. The van der Waals surface area contributed by atoms with Crippen LogP contribution >= 0.6 is 11.6 Å². The van der Waals surface area contributed by atoms with Gasteiger partial charge in [0.25, 0.3) is 0 Å². The third-order valence-corrected chi connectivity index (χ3v) is 5.09. The minimum Gasteiger partial charge on any atom is -0.353 e. The first-order valence-electron chi connectivity index (χ1n) is 8.36. The molecular formula is C17H23ClFN3O. The maximum Gasteiger partial charge on any atom is 0.237 e. The van der Waals surface area contributed by atoms with E-state index in [1.54, 1.807) is 12.1 Å². The molecule has 0 bridgehead atoms. The largest absolute Gasteiger partial charge is 0.353 e. The fraction of sp³-hybridized carbons (Fsp3) is 0.588. The molecule has 2 saturated heterocycles. The van der Waals surface area contributed by atoms with Gasteiger partial charge >= 0.3 is 0 Å². The molecule has 0 aromatic heterocycles. The fourth-order valence-electron chi connectivity index (χ4n) is 3.52. The molecule has 0 radical (unpaired) electrons. The lowest BCUT2D eigenvalue weighted by molar-refractivity contribution is -0.123. The maximum atomic E-state index is 14.3. The van der Waals surface area contributed by atoms with Gasteiger partial charge < -0.3 is 10.6 Å². The maximum absolute atomic E-state index is 14.3.